The van der Waals surface area contributed by atoms with Crippen molar-refractivity contribution in [2.24, 2.45) is 16.8 Å². The molecule has 2 aliphatic heterocycles. The first-order chi connectivity index (χ1) is 14.3. The number of hydrogen-bond donors (Lipinski definition) is 1. The summed E-state index contributed by atoms with van der Waals surface area (Å²) in [6, 6.07) is 0.0742. The maximum absolute atomic E-state index is 13.2. The van der Waals surface area contributed by atoms with E-state index in [1.165, 1.54) is 0 Å². The molecule has 7 heteroatoms. The minimum absolute atomic E-state index is 0.0602. The van der Waals surface area contributed by atoms with E-state index in [0.717, 1.165) is 47.4 Å². The van der Waals surface area contributed by atoms with Gasteiger partial charge in [0.05, 0.1) is 6.04 Å². The highest BCUT2D eigenvalue weighted by Gasteiger charge is 2.35. The number of nitrogens with one attached hydrogen (secondary N) is 1. The smallest absolute Gasteiger partial charge is 0.267 e. The lowest BCUT2D eigenvalue weighted by molar-refractivity contribution is -0.127. The lowest BCUT2D eigenvalue weighted by Gasteiger charge is -2.37. The van der Waals surface area contributed by atoms with Crippen LogP contribution in [0, 0.1) is 11.8 Å². The van der Waals surface area contributed by atoms with Gasteiger partial charge in [-0.1, -0.05) is 26.8 Å². The maximum atomic E-state index is 13.2. The number of carbonyl (C=O) groups is 1. The highest BCUT2D eigenvalue weighted by molar-refractivity contribution is 6.01. The minimum Gasteiger partial charge on any atom is -0.337 e. The normalized spacial score (nSPS) is 24.0. The number of fused-ring (bicyclic) bond motifs is 1. The number of likely N-dealkylation sites (N-methyl/N-ethyl adjacent to an activating group) is 1. The Labute approximate surface area is 177 Å². The minimum atomic E-state index is 0.0602. The molecule has 2 atom stereocenters. The van der Waals surface area contributed by atoms with Crippen molar-refractivity contribution in [2.75, 3.05) is 12.4 Å². The monoisotopic (exact) mass is 407 g/mol. The molecular weight excluding hydrogens is 378 g/mol. The van der Waals surface area contributed by atoms with E-state index in [9.17, 15) is 4.79 Å². The summed E-state index contributed by atoms with van der Waals surface area (Å²) in [5.74, 6) is 1.83. The Morgan fingerprint density at radius 2 is 2.13 bits per heavy atom. The molecule has 1 aliphatic carbocycles. The summed E-state index contributed by atoms with van der Waals surface area (Å²) >= 11 is 0. The number of amides is 1. The van der Waals surface area contributed by atoms with Gasteiger partial charge in [0.2, 0.25) is 5.89 Å². The summed E-state index contributed by atoms with van der Waals surface area (Å²) < 4.78 is 5.32. The van der Waals surface area contributed by atoms with Gasteiger partial charge in [-0.25, -0.2) is 0 Å². The first-order valence-corrected chi connectivity index (χ1v) is 10.6. The van der Waals surface area contributed by atoms with Crippen LogP contribution >= 0.6 is 0 Å². The van der Waals surface area contributed by atoms with Crippen LogP contribution < -0.4 is 5.32 Å². The maximum Gasteiger partial charge on any atom is 0.267 e. The predicted octanol–water partition coefficient (Wildman–Crippen LogP) is 4.05. The SMILES string of the molecule is CC1=NC=C2C=C(C3=CC(Nc4noc(CC(C)C)n4)=CCC3C)C(=O)N(C)C2C1. The molecule has 0 saturated heterocycles. The Balaban J connectivity index is 1.60. The van der Waals surface area contributed by atoms with Crippen LogP contribution in [0.2, 0.25) is 0 Å². The number of hydrogen-bond acceptors (Lipinski definition) is 6. The first kappa shape index (κ1) is 20.3. The average Bonchev–Trinajstić information content (AvgIpc) is 3.13. The van der Waals surface area contributed by atoms with Gasteiger partial charge < -0.3 is 14.7 Å². The number of carbonyl (C=O) groups excluding carboxylic acids is 1. The molecule has 158 valence electrons. The summed E-state index contributed by atoms with van der Waals surface area (Å²) in [6.45, 7) is 8.38. The highest BCUT2D eigenvalue weighted by Crippen LogP contribution is 2.36. The summed E-state index contributed by atoms with van der Waals surface area (Å²) in [6.07, 6.45) is 10.4. The molecular formula is C23H29N5O2. The summed E-state index contributed by atoms with van der Waals surface area (Å²) in [4.78, 5) is 23.9. The van der Waals surface area contributed by atoms with Crippen LogP contribution in [0.3, 0.4) is 0 Å². The van der Waals surface area contributed by atoms with Gasteiger partial charge in [0, 0.05) is 43.1 Å². The van der Waals surface area contributed by atoms with Crippen molar-refractivity contribution in [3.63, 3.8) is 0 Å². The van der Waals surface area contributed by atoms with Crippen molar-refractivity contribution >= 4 is 17.6 Å². The second-order valence-electron chi connectivity index (χ2n) is 8.82. The van der Waals surface area contributed by atoms with Gasteiger partial charge in [0.1, 0.15) is 0 Å². The van der Waals surface area contributed by atoms with Gasteiger partial charge in [-0.3, -0.25) is 9.79 Å². The Morgan fingerprint density at radius 1 is 1.33 bits per heavy atom. The van der Waals surface area contributed by atoms with Crippen molar-refractivity contribution in [1.82, 2.24) is 15.0 Å². The van der Waals surface area contributed by atoms with Crippen molar-refractivity contribution < 1.29 is 9.32 Å². The molecule has 1 aromatic rings. The van der Waals surface area contributed by atoms with Crippen LogP contribution in [-0.2, 0) is 11.2 Å². The lowest BCUT2D eigenvalue weighted by atomic mass is 9.82. The molecule has 0 radical (unpaired) electrons. The van der Waals surface area contributed by atoms with Crippen molar-refractivity contribution in [3.8, 4) is 0 Å². The molecule has 3 heterocycles. The summed E-state index contributed by atoms with van der Waals surface area (Å²) in [7, 11) is 1.88. The Hall–Kier alpha value is -2.96. The van der Waals surface area contributed by atoms with Crippen LogP contribution in [0.5, 0.6) is 0 Å². The second kappa shape index (κ2) is 8.05. The van der Waals surface area contributed by atoms with Gasteiger partial charge >= 0.3 is 0 Å². The average molecular weight is 408 g/mol. The molecule has 7 nitrogen and oxygen atoms in total. The van der Waals surface area contributed by atoms with E-state index in [1.807, 2.05) is 37.2 Å². The van der Waals surface area contributed by atoms with Gasteiger partial charge in [0.25, 0.3) is 11.9 Å². The van der Waals surface area contributed by atoms with E-state index >= 15 is 0 Å². The molecule has 4 rings (SSSR count). The molecule has 1 aromatic heterocycles. The fourth-order valence-corrected chi connectivity index (χ4v) is 4.08. The zero-order valence-electron chi connectivity index (χ0n) is 18.3. The second-order valence-corrected chi connectivity index (χ2v) is 8.82. The predicted molar refractivity (Wildman–Crippen MR) is 117 cm³/mol. The summed E-state index contributed by atoms with van der Waals surface area (Å²) in [5, 5.41) is 7.26. The molecule has 0 aromatic carbocycles. The first-order valence-electron chi connectivity index (χ1n) is 10.6. The van der Waals surface area contributed by atoms with E-state index in [4.69, 9.17) is 4.52 Å². The largest absolute Gasteiger partial charge is 0.337 e. The van der Waals surface area contributed by atoms with Crippen molar-refractivity contribution in [2.45, 2.75) is 53.0 Å². The molecule has 3 aliphatic rings. The van der Waals surface area contributed by atoms with Crippen LogP contribution in [0.15, 0.2) is 56.4 Å². The lowest BCUT2D eigenvalue weighted by Crippen LogP contribution is -2.44. The quantitative estimate of drug-likeness (QED) is 0.796. The van der Waals surface area contributed by atoms with Gasteiger partial charge in [0.15, 0.2) is 0 Å². The van der Waals surface area contributed by atoms with Crippen LogP contribution in [0.1, 0.15) is 46.4 Å². The third-order valence-electron chi connectivity index (χ3n) is 5.79. The third kappa shape index (κ3) is 4.01. The molecule has 1 amide bonds. The standard InChI is InChI=1S/C23H29N5O2/c1-13(2)8-21-26-23(27-30-21)25-17-7-6-14(3)18(11-17)19-10-16-12-24-15(4)9-20(16)28(5)22(19)29/h7,10-14,20H,6,8-9H2,1-5H3,(H,25,27). The number of rotatable bonds is 5. The molecule has 0 fully saturated rings. The van der Waals surface area contributed by atoms with Crippen molar-refractivity contribution in [1.29, 1.82) is 0 Å². The third-order valence-corrected chi connectivity index (χ3v) is 5.79. The molecule has 0 spiro atoms. The molecule has 0 saturated carbocycles. The zero-order valence-corrected chi connectivity index (χ0v) is 18.3. The molecule has 0 bridgehead atoms. The Kier molecular flexibility index (Phi) is 5.45. The summed E-state index contributed by atoms with van der Waals surface area (Å²) in [5.41, 5.74) is 4.78. The number of nitrogens with zero attached hydrogens (tertiary/aromatic N) is 4. The Morgan fingerprint density at radius 3 is 2.90 bits per heavy atom. The topological polar surface area (TPSA) is 83.6 Å². The number of anilines is 1. The van der Waals surface area contributed by atoms with E-state index in [0.29, 0.717) is 17.8 Å². The van der Waals surface area contributed by atoms with Crippen LogP contribution in [-0.4, -0.2) is 39.7 Å². The number of aliphatic imine (C=N–C) groups is 1. The fourth-order valence-electron chi connectivity index (χ4n) is 4.08. The molecule has 2 unspecified atom stereocenters. The fraction of sp³-hybridized carbons (Fsp3) is 0.478. The van der Waals surface area contributed by atoms with E-state index in [-0.39, 0.29) is 17.9 Å². The van der Waals surface area contributed by atoms with Gasteiger partial charge in [-0.05, 0) is 53.6 Å². The van der Waals surface area contributed by atoms with Crippen LogP contribution in [0.4, 0.5) is 5.95 Å². The van der Waals surface area contributed by atoms with Gasteiger partial charge in [-0.15, -0.1) is 0 Å². The molecule has 30 heavy (non-hydrogen) atoms. The van der Waals surface area contributed by atoms with Gasteiger partial charge in [-0.2, -0.15) is 4.98 Å². The van der Waals surface area contributed by atoms with E-state index in [1.54, 1.807) is 0 Å². The highest BCUT2D eigenvalue weighted by atomic mass is 16.5. The van der Waals surface area contributed by atoms with E-state index in [2.05, 4.69) is 47.3 Å². The van der Waals surface area contributed by atoms with Crippen LogP contribution in [0.25, 0.3) is 0 Å². The van der Waals surface area contributed by atoms with Crippen molar-refractivity contribution in [3.05, 3.63) is 52.7 Å². The van der Waals surface area contributed by atoms with E-state index < -0.39 is 0 Å². The molecule has 1 N–H and O–H groups in total. The number of aromatic nitrogens is 2. The number of allylic oxidation sites excluding steroid dienone is 2. The zero-order chi connectivity index (χ0) is 21.4. The Bertz CT molecular complexity index is 1010.